The second kappa shape index (κ2) is 27.5. The Morgan fingerprint density at radius 2 is 1.06 bits per heavy atom. The van der Waals surface area contributed by atoms with E-state index in [1.54, 1.807) is 53.2 Å². The Morgan fingerprint density at radius 3 is 1.35 bits per heavy atom. The number of nitrogens with one attached hydrogen (secondary N) is 5. The summed E-state index contributed by atoms with van der Waals surface area (Å²) >= 11 is 0. The van der Waals surface area contributed by atoms with Crippen LogP contribution in [0.15, 0.2) is 28.3 Å². The Labute approximate surface area is 375 Å². The predicted molar refractivity (Wildman–Crippen MR) is 259 cm³/mol. The number of Topliss-reactive ketones (excluding diaryl/α,β-unsaturated/α-hetero) is 1. The van der Waals surface area contributed by atoms with Crippen LogP contribution in [-0.4, -0.2) is 84.3 Å². The molecule has 11 N–H and O–H groups in total. The van der Waals surface area contributed by atoms with Crippen LogP contribution < -0.4 is 27.7 Å². The van der Waals surface area contributed by atoms with Crippen molar-refractivity contribution in [3.05, 3.63) is 101 Å². The van der Waals surface area contributed by atoms with Crippen LogP contribution in [0, 0.1) is 69.2 Å². The molecule has 0 aromatic carbocycles. The molecule has 1 amide bonds. The molecule has 4 aromatic heterocycles. The summed E-state index contributed by atoms with van der Waals surface area (Å²) in [7, 11) is 3.47. The fraction of sp³-hybridized carbons (Fsp3) is 0.521. The number of aliphatic hydroxyl groups is 2. The lowest BCUT2D eigenvalue weighted by atomic mass is 10.1. The summed E-state index contributed by atoms with van der Waals surface area (Å²) in [5.41, 5.74) is 24.9. The van der Waals surface area contributed by atoms with Crippen molar-refractivity contribution in [2.75, 3.05) is 7.05 Å². The van der Waals surface area contributed by atoms with Crippen molar-refractivity contribution in [3.63, 3.8) is 0 Å². The van der Waals surface area contributed by atoms with Gasteiger partial charge in [-0.1, -0.05) is 0 Å². The number of pyridine rings is 1. The van der Waals surface area contributed by atoms with E-state index in [-0.39, 0.29) is 47.0 Å². The van der Waals surface area contributed by atoms with Gasteiger partial charge in [-0.05, 0) is 166 Å². The summed E-state index contributed by atoms with van der Waals surface area (Å²) in [6, 6.07) is -0.120. The van der Waals surface area contributed by atoms with Gasteiger partial charge in [-0.3, -0.25) is 24.0 Å². The van der Waals surface area contributed by atoms with Crippen molar-refractivity contribution >= 4 is 34.2 Å². The Bertz CT molecular complexity index is 2270. The largest absolute Gasteiger partial charge is 0.402 e. The molecule has 0 aliphatic carbocycles. The first-order valence-electron chi connectivity index (χ1n) is 21.0. The SMILES string of the molecule is CC(=O)/C=C(\C)N.CC(=O)/C=C(\C)NC(C)C(C)O.CC(=O)c1c(C)[nH]c(C)c1C.CC(N)C(C)O.CNC(=O)c1c(C)[nH]c(C)c1C.Cc1[nH]c2c(C)c(C)n(C)c(=O)c2c1C. The van der Waals surface area contributed by atoms with Gasteiger partial charge >= 0.3 is 0 Å². The van der Waals surface area contributed by atoms with E-state index in [1.807, 2.05) is 83.2 Å². The molecule has 0 radical (unpaired) electrons. The van der Waals surface area contributed by atoms with Gasteiger partial charge in [0.1, 0.15) is 0 Å². The molecule has 354 valence electrons. The number of nitrogens with zero attached hydrogens (tertiary/aromatic N) is 1. The third-order valence-electron chi connectivity index (χ3n) is 10.4. The maximum Gasteiger partial charge on any atom is 0.260 e. The van der Waals surface area contributed by atoms with E-state index in [1.165, 1.54) is 26.0 Å². The van der Waals surface area contributed by atoms with Gasteiger partial charge in [0.15, 0.2) is 17.3 Å². The lowest BCUT2D eigenvalue weighted by Gasteiger charge is -2.17. The molecule has 0 fully saturated rings. The van der Waals surface area contributed by atoms with Crippen LogP contribution in [-0.2, 0) is 16.6 Å². The first-order valence-corrected chi connectivity index (χ1v) is 21.0. The molecule has 4 heterocycles. The number of aromatic amines is 3. The molecular weight excluding hydrogens is 801 g/mol. The summed E-state index contributed by atoms with van der Waals surface area (Å²) in [5.74, 6) is 0.136. The molecule has 0 saturated heterocycles. The fourth-order valence-electron chi connectivity index (χ4n) is 5.97. The van der Waals surface area contributed by atoms with Gasteiger partial charge in [0.25, 0.3) is 11.5 Å². The van der Waals surface area contributed by atoms with Crippen molar-refractivity contribution in [1.29, 1.82) is 0 Å². The molecule has 0 bridgehead atoms. The smallest absolute Gasteiger partial charge is 0.260 e. The van der Waals surface area contributed by atoms with E-state index in [4.69, 9.17) is 21.7 Å². The maximum atomic E-state index is 12.1. The molecule has 4 unspecified atom stereocenters. The van der Waals surface area contributed by atoms with Gasteiger partial charge in [0.05, 0.1) is 28.7 Å². The van der Waals surface area contributed by atoms with Gasteiger partial charge in [-0.2, -0.15) is 0 Å². The average molecular weight is 881 g/mol. The Morgan fingerprint density at radius 1 is 0.651 bits per heavy atom. The van der Waals surface area contributed by atoms with E-state index >= 15 is 0 Å². The number of carbonyl (C=O) groups excluding carboxylic acids is 4. The van der Waals surface area contributed by atoms with Gasteiger partial charge in [-0.25, -0.2) is 0 Å². The zero-order chi connectivity index (χ0) is 50.0. The zero-order valence-corrected chi connectivity index (χ0v) is 42.0. The van der Waals surface area contributed by atoms with E-state index in [9.17, 15) is 24.0 Å². The number of aryl methyl sites for hydroxylation is 7. The summed E-state index contributed by atoms with van der Waals surface area (Å²) in [6.07, 6.45) is 2.11. The van der Waals surface area contributed by atoms with E-state index < -0.39 is 6.10 Å². The van der Waals surface area contributed by atoms with Crippen molar-refractivity contribution in [2.24, 2.45) is 18.5 Å². The number of ketones is 3. The van der Waals surface area contributed by atoms with Crippen LogP contribution in [0.4, 0.5) is 0 Å². The standard InChI is InChI=1S/C12H16N2O.C9H14N2O.C9H17NO2.C9H13NO.C5H9NO.C4H11NO/c1-6-8(3)13-11-7(2)9(4)14(5)12(15)10(6)11;1-5-6(2)11-7(3)8(5)9(12)10-4;1-6(5-7(2)11)10-8(3)9(4)12;1-5-6(2)10-7(3)9(5)8(4)11;1-4(6)3-5(2)7;1-3(5)4(2)6/h13H,1-5H3;11H,1-4H3,(H,10,12);5,8-10,12H,1-4H3;10H,1-4H3;3H,6H2,1-2H3;3-4,6H,5H2,1-2H3/b;;6-5+;;4-3+;. The molecule has 4 atom stereocenters. The molecule has 0 saturated carbocycles. The lowest BCUT2D eigenvalue weighted by molar-refractivity contribution is -0.113. The second-order valence-corrected chi connectivity index (χ2v) is 16.3. The van der Waals surface area contributed by atoms with E-state index in [2.05, 4.69) is 25.6 Å². The van der Waals surface area contributed by atoms with E-state index in [0.29, 0.717) is 5.70 Å². The molecule has 4 aromatic rings. The topological polar surface area (TPSA) is 254 Å². The third kappa shape index (κ3) is 19.6. The molecule has 4 rings (SSSR count). The van der Waals surface area contributed by atoms with Crippen LogP contribution in [0.25, 0.3) is 10.9 Å². The summed E-state index contributed by atoms with van der Waals surface area (Å²) in [4.78, 5) is 64.8. The highest BCUT2D eigenvalue weighted by Gasteiger charge is 2.16. The van der Waals surface area contributed by atoms with Crippen molar-refractivity contribution in [1.82, 2.24) is 30.2 Å². The molecule has 15 nitrogen and oxygen atoms in total. The number of aromatic nitrogens is 4. The zero-order valence-electron chi connectivity index (χ0n) is 42.0. The number of rotatable bonds is 8. The van der Waals surface area contributed by atoms with Crippen LogP contribution in [0.5, 0.6) is 0 Å². The van der Waals surface area contributed by atoms with E-state index in [0.717, 1.165) is 84.1 Å². The Balaban J connectivity index is 0. The van der Waals surface area contributed by atoms with Gasteiger partial charge in [0.2, 0.25) is 0 Å². The third-order valence-corrected chi connectivity index (χ3v) is 10.4. The number of nitrogens with two attached hydrogens (primary N) is 2. The second-order valence-electron chi connectivity index (χ2n) is 16.3. The van der Waals surface area contributed by atoms with Gasteiger partial charge in [0, 0.05) is 77.3 Å². The molecular formula is C48H80N8O7. The average Bonchev–Trinajstić information content (AvgIpc) is 3.71. The van der Waals surface area contributed by atoms with Crippen LogP contribution >= 0.6 is 0 Å². The normalized spacial score (nSPS) is 12.8. The molecule has 0 aliphatic rings. The van der Waals surface area contributed by atoms with Gasteiger partial charge in [-0.15, -0.1) is 0 Å². The minimum Gasteiger partial charge on any atom is -0.402 e. The number of hydrogen-bond acceptors (Lipinski definition) is 10. The Hall–Kier alpha value is -5.51. The Kier molecular flexibility index (Phi) is 26.0. The monoisotopic (exact) mass is 881 g/mol. The molecule has 63 heavy (non-hydrogen) atoms. The number of aliphatic hydroxyl groups excluding tert-OH is 2. The number of fused-ring (bicyclic) bond motifs is 1. The van der Waals surface area contributed by atoms with Crippen LogP contribution in [0.1, 0.15) is 139 Å². The lowest BCUT2D eigenvalue weighted by Crippen LogP contribution is -2.34. The predicted octanol–water partition coefficient (Wildman–Crippen LogP) is 6.53. The van der Waals surface area contributed by atoms with Crippen LogP contribution in [0.2, 0.25) is 0 Å². The highest BCUT2D eigenvalue weighted by atomic mass is 16.3. The molecule has 0 aliphatic heterocycles. The summed E-state index contributed by atoms with van der Waals surface area (Å²) < 4.78 is 1.72. The fourth-order valence-corrected chi connectivity index (χ4v) is 5.97. The number of amides is 1. The summed E-state index contributed by atoms with van der Waals surface area (Å²) in [5, 5.41) is 24.1. The highest BCUT2D eigenvalue weighted by molar-refractivity contribution is 5.97. The maximum absolute atomic E-state index is 12.1. The molecule has 15 heteroatoms. The first-order chi connectivity index (χ1) is 28.8. The number of hydrogen-bond donors (Lipinski definition) is 9. The first kappa shape index (κ1) is 59.6. The van der Waals surface area contributed by atoms with Crippen LogP contribution in [0.3, 0.4) is 0 Å². The quantitative estimate of drug-likeness (QED) is 0.0683. The van der Waals surface area contributed by atoms with Crippen molar-refractivity contribution < 1.29 is 29.4 Å². The minimum absolute atomic E-state index is 0.000000000000000444. The van der Waals surface area contributed by atoms with Crippen molar-refractivity contribution in [2.45, 2.75) is 156 Å². The minimum atomic E-state index is -0.416. The number of H-pyrrole nitrogens is 3. The highest BCUT2D eigenvalue weighted by Crippen LogP contribution is 2.22. The summed E-state index contributed by atoms with van der Waals surface area (Å²) in [6.45, 7) is 34.8. The number of allylic oxidation sites excluding steroid dienone is 4. The van der Waals surface area contributed by atoms with Gasteiger partial charge < -0.3 is 51.8 Å². The molecule has 0 spiro atoms. The number of carbonyl (C=O) groups is 4. The van der Waals surface area contributed by atoms with Crippen molar-refractivity contribution in [3.8, 4) is 0 Å².